The number of hydrogen-bond donors (Lipinski definition) is 1. The van der Waals surface area contributed by atoms with Crippen LogP contribution < -0.4 is 10.2 Å². The van der Waals surface area contributed by atoms with Crippen LogP contribution in [0.2, 0.25) is 0 Å². The van der Waals surface area contributed by atoms with E-state index in [2.05, 4.69) is 5.32 Å². The summed E-state index contributed by atoms with van der Waals surface area (Å²) in [6, 6.07) is 17.5. The van der Waals surface area contributed by atoms with E-state index in [0.29, 0.717) is 12.2 Å². The van der Waals surface area contributed by atoms with Crippen molar-refractivity contribution < 1.29 is 9.59 Å². The van der Waals surface area contributed by atoms with Crippen molar-refractivity contribution in [2.24, 2.45) is 0 Å². The van der Waals surface area contributed by atoms with Crippen molar-refractivity contribution in [2.45, 2.75) is 6.54 Å². The Morgan fingerprint density at radius 2 is 1.72 bits per heavy atom. The molecule has 2 aromatic rings. The fourth-order valence-electron chi connectivity index (χ4n) is 2.71. The summed E-state index contributed by atoms with van der Waals surface area (Å²) in [6.07, 6.45) is 1.76. The van der Waals surface area contributed by atoms with Crippen LogP contribution in [0.25, 0.3) is 6.08 Å². The highest BCUT2D eigenvalue weighted by molar-refractivity contribution is 6.05. The van der Waals surface area contributed by atoms with Gasteiger partial charge < -0.3 is 15.1 Å². The number of nitrogens with zero attached hydrogens (tertiary/aromatic N) is 2. The molecular formula is C20H21N3O2. The summed E-state index contributed by atoms with van der Waals surface area (Å²) in [6.45, 7) is 0.414. The van der Waals surface area contributed by atoms with Gasteiger partial charge >= 0.3 is 0 Å². The van der Waals surface area contributed by atoms with E-state index >= 15 is 0 Å². The van der Waals surface area contributed by atoms with Gasteiger partial charge in [0.05, 0.1) is 13.1 Å². The van der Waals surface area contributed by atoms with Crippen LogP contribution in [0.15, 0.2) is 60.3 Å². The van der Waals surface area contributed by atoms with E-state index in [1.807, 2.05) is 73.6 Å². The fourth-order valence-corrected chi connectivity index (χ4v) is 2.71. The topological polar surface area (TPSA) is 52.7 Å². The zero-order valence-corrected chi connectivity index (χ0v) is 14.4. The number of hydrogen-bond acceptors (Lipinski definition) is 3. The number of nitrogens with one attached hydrogen (secondary N) is 1. The fraction of sp³-hybridized carbons (Fsp3) is 0.200. The Bertz CT molecular complexity index is 795. The molecule has 0 bridgehead atoms. The summed E-state index contributed by atoms with van der Waals surface area (Å²) < 4.78 is 0. The van der Waals surface area contributed by atoms with Crippen LogP contribution in [0, 0.1) is 0 Å². The van der Waals surface area contributed by atoms with Gasteiger partial charge in [-0.05, 0) is 29.3 Å². The van der Waals surface area contributed by atoms with Gasteiger partial charge in [-0.3, -0.25) is 9.59 Å². The van der Waals surface area contributed by atoms with Gasteiger partial charge in [0, 0.05) is 19.8 Å². The number of carbonyl (C=O) groups is 2. The maximum Gasteiger partial charge on any atom is 0.268 e. The Hall–Kier alpha value is -3.08. The predicted molar refractivity (Wildman–Crippen MR) is 98.7 cm³/mol. The smallest absolute Gasteiger partial charge is 0.268 e. The van der Waals surface area contributed by atoms with Crippen LogP contribution >= 0.6 is 0 Å². The first kappa shape index (κ1) is 16.8. The Morgan fingerprint density at radius 3 is 2.36 bits per heavy atom. The average Bonchev–Trinajstić information content (AvgIpc) is 2.62. The first-order chi connectivity index (χ1) is 12.0. The number of anilines is 1. The van der Waals surface area contributed by atoms with Crippen LogP contribution in [-0.4, -0.2) is 37.4 Å². The van der Waals surface area contributed by atoms with E-state index in [1.54, 1.807) is 11.0 Å². The molecule has 25 heavy (non-hydrogen) atoms. The van der Waals surface area contributed by atoms with Crippen molar-refractivity contribution in [1.29, 1.82) is 0 Å². The summed E-state index contributed by atoms with van der Waals surface area (Å²) in [5.74, 6) is -0.341. The molecule has 3 rings (SSSR count). The molecule has 0 atom stereocenters. The Kier molecular flexibility index (Phi) is 4.84. The Labute approximate surface area is 147 Å². The molecule has 1 aliphatic rings. The second-order valence-electron chi connectivity index (χ2n) is 6.16. The van der Waals surface area contributed by atoms with Gasteiger partial charge in [0.2, 0.25) is 5.91 Å². The van der Waals surface area contributed by atoms with E-state index in [9.17, 15) is 9.59 Å². The monoisotopic (exact) mass is 335 g/mol. The van der Waals surface area contributed by atoms with Crippen molar-refractivity contribution in [3.05, 3.63) is 71.4 Å². The highest BCUT2D eigenvalue weighted by Crippen LogP contribution is 2.20. The summed E-state index contributed by atoms with van der Waals surface area (Å²) in [4.78, 5) is 28.2. The SMILES string of the molecule is CN(C)c1ccc(/C=C2\C(=O)NCC(=O)N2Cc2ccccc2)cc1. The first-order valence-corrected chi connectivity index (χ1v) is 8.16. The van der Waals surface area contributed by atoms with E-state index < -0.39 is 0 Å². The molecule has 0 unspecified atom stereocenters. The zero-order chi connectivity index (χ0) is 17.8. The van der Waals surface area contributed by atoms with Crippen LogP contribution in [0.4, 0.5) is 5.69 Å². The van der Waals surface area contributed by atoms with Gasteiger partial charge in [-0.2, -0.15) is 0 Å². The Morgan fingerprint density at radius 1 is 1.04 bits per heavy atom. The van der Waals surface area contributed by atoms with Crippen molar-refractivity contribution in [1.82, 2.24) is 10.2 Å². The standard InChI is InChI=1S/C20H21N3O2/c1-22(2)17-10-8-15(9-11-17)12-18-20(25)21-13-19(24)23(18)14-16-6-4-3-5-7-16/h3-12H,13-14H2,1-2H3,(H,21,25)/b18-12+. The second-order valence-corrected chi connectivity index (χ2v) is 6.16. The molecule has 0 spiro atoms. The van der Waals surface area contributed by atoms with E-state index in [0.717, 1.165) is 16.8 Å². The molecule has 0 radical (unpaired) electrons. The molecule has 2 aromatic carbocycles. The third-order valence-corrected chi connectivity index (χ3v) is 4.12. The molecule has 0 aliphatic carbocycles. The molecule has 128 valence electrons. The highest BCUT2D eigenvalue weighted by Gasteiger charge is 2.28. The summed E-state index contributed by atoms with van der Waals surface area (Å²) in [5, 5.41) is 2.64. The van der Waals surface area contributed by atoms with E-state index in [-0.39, 0.29) is 18.4 Å². The van der Waals surface area contributed by atoms with Crippen LogP contribution in [-0.2, 0) is 16.1 Å². The van der Waals surface area contributed by atoms with Crippen LogP contribution in [0.1, 0.15) is 11.1 Å². The lowest BCUT2D eigenvalue weighted by Gasteiger charge is -2.29. The second kappa shape index (κ2) is 7.21. The van der Waals surface area contributed by atoms with Crippen molar-refractivity contribution in [3.63, 3.8) is 0 Å². The van der Waals surface area contributed by atoms with Crippen LogP contribution in [0.3, 0.4) is 0 Å². The van der Waals surface area contributed by atoms with Gasteiger partial charge in [-0.1, -0.05) is 42.5 Å². The largest absolute Gasteiger partial charge is 0.378 e. The molecule has 0 saturated carbocycles. The average molecular weight is 335 g/mol. The van der Waals surface area contributed by atoms with E-state index in [4.69, 9.17) is 0 Å². The summed E-state index contributed by atoms with van der Waals surface area (Å²) in [5.41, 5.74) is 3.31. The molecular weight excluding hydrogens is 314 g/mol. The molecule has 0 aromatic heterocycles. The summed E-state index contributed by atoms with van der Waals surface area (Å²) >= 11 is 0. The molecule has 1 heterocycles. The molecule has 1 fully saturated rings. The Balaban J connectivity index is 1.91. The van der Waals surface area contributed by atoms with Gasteiger partial charge in [-0.25, -0.2) is 0 Å². The van der Waals surface area contributed by atoms with Crippen molar-refractivity contribution >= 4 is 23.6 Å². The van der Waals surface area contributed by atoms with Gasteiger partial charge in [0.1, 0.15) is 5.70 Å². The lowest BCUT2D eigenvalue weighted by Crippen LogP contribution is -2.49. The van der Waals surface area contributed by atoms with Gasteiger partial charge in [0.25, 0.3) is 5.91 Å². The van der Waals surface area contributed by atoms with Crippen molar-refractivity contribution in [2.75, 3.05) is 25.5 Å². The lowest BCUT2D eigenvalue weighted by atomic mass is 10.1. The maximum atomic E-state index is 12.4. The minimum absolute atomic E-state index is 0.0303. The number of carbonyl (C=O) groups excluding carboxylic acids is 2. The minimum atomic E-state index is -0.229. The predicted octanol–water partition coefficient (Wildman–Crippen LogP) is 2.25. The van der Waals surface area contributed by atoms with Gasteiger partial charge in [0.15, 0.2) is 0 Å². The number of rotatable bonds is 4. The third kappa shape index (κ3) is 3.88. The molecule has 5 nitrogen and oxygen atoms in total. The zero-order valence-electron chi connectivity index (χ0n) is 14.4. The normalized spacial score (nSPS) is 16.1. The quantitative estimate of drug-likeness (QED) is 0.872. The van der Waals surface area contributed by atoms with Crippen LogP contribution in [0.5, 0.6) is 0 Å². The maximum absolute atomic E-state index is 12.4. The molecule has 1 aliphatic heterocycles. The lowest BCUT2D eigenvalue weighted by molar-refractivity contribution is -0.136. The molecule has 1 N–H and O–H groups in total. The third-order valence-electron chi connectivity index (χ3n) is 4.12. The number of amides is 2. The van der Waals surface area contributed by atoms with Gasteiger partial charge in [-0.15, -0.1) is 0 Å². The minimum Gasteiger partial charge on any atom is -0.378 e. The molecule has 1 saturated heterocycles. The summed E-state index contributed by atoms with van der Waals surface area (Å²) in [7, 11) is 3.95. The number of benzene rings is 2. The number of piperazine rings is 1. The van der Waals surface area contributed by atoms with E-state index in [1.165, 1.54) is 0 Å². The first-order valence-electron chi connectivity index (χ1n) is 8.16. The molecule has 5 heteroatoms. The highest BCUT2D eigenvalue weighted by atomic mass is 16.2. The molecule has 2 amide bonds. The van der Waals surface area contributed by atoms with Crippen molar-refractivity contribution in [3.8, 4) is 0 Å².